The second-order valence-corrected chi connectivity index (χ2v) is 3.92. The minimum atomic E-state index is -0.603. The lowest BCUT2D eigenvalue weighted by Crippen LogP contribution is -3.00. The van der Waals surface area contributed by atoms with Gasteiger partial charge in [-0.2, -0.15) is 0 Å². The summed E-state index contributed by atoms with van der Waals surface area (Å²) in [5.41, 5.74) is 7.89. The molecule has 0 saturated heterocycles. The van der Waals surface area contributed by atoms with Crippen LogP contribution in [0.15, 0.2) is 30.5 Å². The number of hydrogen-bond donors (Lipinski definition) is 2. The van der Waals surface area contributed by atoms with Crippen molar-refractivity contribution in [1.29, 1.82) is 0 Å². The van der Waals surface area contributed by atoms with Crippen molar-refractivity contribution in [2.45, 2.75) is 19.4 Å². The Morgan fingerprint density at radius 2 is 2.17 bits per heavy atom. The second-order valence-electron chi connectivity index (χ2n) is 3.92. The molecule has 1 aromatic heterocycles. The Morgan fingerprint density at radius 3 is 2.89 bits per heavy atom. The average Bonchev–Trinajstić information content (AvgIpc) is 2.73. The maximum absolute atomic E-state index is 11.4. The number of nitrogens with two attached hydrogens (primary N) is 1. The molecule has 1 atom stereocenters. The summed E-state index contributed by atoms with van der Waals surface area (Å²) in [5.74, 6) is -0.349. The molecule has 0 aliphatic carbocycles. The number of benzene rings is 1. The van der Waals surface area contributed by atoms with Gasteiger partial charge in [-0.15, -0.1) is 0 Å². The van der Waals surface area contributed by atoms with Gasteiger partial charge in [0.15, 0.2) is 0 Å². The van der Waals surface area contributed by atoms with Crippen LogP contribution in [0.4, 0.5) is 0 Å². The van der Waals surface area contributed by atoms with Crippen molar-refractivity contribution >= 4 is 16.9 Å². The van der Waals surface area contributed by atoms with Gasteiger partial charge in [-0.1, -0.05) is 18.2 Å². The predicted octanol–water partition coefficient (Wildman–Crippen LogP) is -1.40. The second kappa shape index (κ2) is 6.42. The highest BCUT2D eigenvalue weighted by Crippen LogP contribution is 2.18. The van der Waals surface area contributed by atoms with Gasteiger partial charge >= 0.3 is 5.97 Å². The number of rotatable bonds is 4. The molecule has 1 heterocycles. The summed E-state index contributed by atoms with van der Waals surface area (Å²) in [4.78, 5) is 14.6. The molecule has 2 rings (SSSR count). The van der Waals surface area contributed by atoms with Crippen molar-refractivity contribution in [3.05, 3.63) is 36.0 Å². The van der Waals surface area contributed by atoms with Crippen LogP contribution in [0.5, 0.6) is 0 Å². The molecule has 0 amide bonds. The van der Waals surface area contributed by atoms with Gasteiger partial charge in [0.05, 0.1) is 6.61 Å². The van der Waals surface area contributed by atoms with Crippen LogP contribution in [0.3, 0.4) is 0 Å². The van der Waals surface area contributed by atoms with Gasteiger partial charge in [0.25, 0.3) is 0 Å². The Balaban J connectivity index is 0.00000162. The first-order chi connectivity index (χ1) is 8.22. The van der Waals surface area contributed by atoms with Crippen molar-refractivity contribution < 1.29 is 21.9 Å². The fourth-order valence-corrected chi connectivity index (χ4v) is 1.87. The number of ether oxygens (including phenoxy) is 1. The molecule has 3 N–H and O–H groups in total. The number of fused-ring (bicyclic) bond motifs is 1. The molecule has 0 unspecified atom stereocenters. The van der Waals surface area contributed by atoms with Crippen molar-refractivity contribution in [2.75, 3.05) is 6.61 Å². The van der Waals surface area contributed by atoms with E-state index in [2.05, 4.69) is 4.98 Å². The van der Waals surface area contributed by atoms with Crippen molar-refractivity contribution in [2.24, 2.45) is 5.73 Å². The monoisotopic (exact) mass is 267 g/mol. The Morgan fingerprint density at radius 1 is 1.44 bits per heavy atom. The summed E-state index contributed by atoms with van der Waals surface area (Å²) in [5, 5.41) is 1.10. The van der Waals surface area contributed by atoms with E-state index in [-0.39, 0.29) is 18.4 Å². The lowest BCUT2D eigenvalue weighted by molar-refractivity contribution is -0.144. The molecule has 0 radical (unpaired) electrons. The van der Waals surface area contributed by atoms with Crippen molar-refractivity contribution in [1.82, 2.24) is 4.98 Å². The summed E-state index contributed by atoms with van der Waals surface area (Å²) in [6, 6.07) is 7.34. The van der Waals surface area contributed by atoms with E-state index < -0.39 is 6.04 Å². The van der Waals surface area contributed by atoms with Crippen LogP contribution in [-0.2, 0) is 16.0 Å². The third-order valence-electron chi connectivity index (χ3n) is 2.70. The molecule has 98 valence electrons. The van der Waals surface area contributed by atoms with E-state index in [1.54, 1.807) is 6.92 Å². The van der Waals surface area contributed by atoms with Gasteiger partial charge < -0.3 is 27.9 Å². The van der Waals surface area contributed by atoms with Gasteiger partial charge in [-0.25, -0.2) is 0 Å². The molecule has 0 saturated carbocycles. The maximum atomic E-state index is 11.4. The molecule has 0 fully saturated rings. The quantitative estimate of drug-likeness (QED) is 0.670. The number of hydrogen-bond acceptors (Lipinski definition) is 3. The molecular formula is C13H16ClN2O2-. The summed E-state index contributed by atoms with van der Waals surface area (Å²) in [6.45, 7) is 2.14. The van der Waals surface area contributed by atoms with Crippen LogP contribution in [0, 0.1) is 0 Å². The van der Waals surface area contributed by atoms with E-state index in [4.69, 9.17) is 10.5 Å². The molecular weight excluding hydrogens is 252 g/mol. The summed E-state index contributed by atoms with van der Waals surface area (Å²) in [7, 11) is 0. The molecule has 4 nitrogen and oxygen atoms in total. The Kier molecular flexibility index (Phi) is 5.19. The van der Waals surface area contributed by atoms with Crippen LogP contribution in [0.2, 0.25) is 0 Å². The molecule has 0 bridgehead atoms. The van der Waals surface area contributed by atoms with Crippen molar-refractivity contribution in [3.63, 3.8) is 0 Å². The zero-order chi connectivity index (χ0) is 12.3. The number of carbonyl (C=O) groups excluding carboxylic acids is 1. The number of esters is 1. The highest BCUT2D eigenvalue weighted by atomic mass is 35.5. The Bertz CT molecular complexity index is 524. The molecule has 0 aliphatic rings. The number of aromatic nitrogens is 1. The lowest BCUT2D eigenvalue weighted by atomic mass is 10.1. The van der Waals surface area contributed by atoms with Gasteiger partial charge in [0.1, 0.15) is 6.04 Å². The largest absolute Gasteiger partial charge is 1.00 e. The maximum Gasteiger partial charge on any atom is 0.323 e. The van der Waals surface area contributed by atoms with E-state index in [1.165, 1.54) is 0 Å². The first-order valence-electron chi connectivity index (χ1n) is 5.69. The summed E-state index contributed by atoms with van der Waals surface area (Å²) < 4.78 is 4.89. The number of aromatic amines is 1. The number of nitrogens with one attached hydrogen (secondary N) is 1. The van der Waals surface area contributed by atoms with Gasteiger partial charge in [0, 0.05) is 23.5 Å². The third kappa shape index (κ3) is 3.03. The normalized spacial score (nSPS) is 11.9. The van der Waals surface area contributed by atoms with Crippen molar-refractivity contribution in [3.8, 4) is 0 Å². The van der Waals surface area contributed by atoms with Gasteiger partial charge in [-0.05, 0) is 18.6 Å². The molecule has 18 heavy (non-hydrogen) atoms. The lowest BCUT2D eigenvalue weighted by Gasteiger charge is -2.09. The minimum Gasteiger partial charge on any atom is -1.00 e. The van der Waals surface area contributed by atoms with Crippen LogP contribution in [0.1, 0.15) is 12.5 Å². The SMILES string of the molecule is CCOC(=O)[C@@H](N)Cc1c[nH]c2ccccc12.[Cl-]. The molecule has 2 aromatic rings. The standard InChI is InChI=1S/C13H16N2O2.ClH/c1-2-17-13(16)11(14)7-9-8-15-12-6-4-3-5-10(9)12;/h3-6,8,11,15H,2,7,14H2,1H3;1H/p-1/t11-;/m0./s1. The smallest absolute Gasteiger partial charge is 0.323 e. The zero-order valence-electron chi connectivity index (χ0n) is 10.2. The topological polar surface area (TPSA) is 68.1 Å². The summed E-state index contributed by atoms with van der Waals surface area (Å²) >= 11 is 0. The van der Waals surface area contributed by atoms with E-state index >= 15 is 0 Å². The first kappa shape index (κ1) is 14.5. The molecule has 0 spiro atoms. The zero-order valence-corrected chi connectivity index (χ0v) is 10.9. The Labute approximate surface area is 112 Å². The summed E-state index contributed by atoms with van der Waals surface area (Å²) in [6.07, 6.45) is 2.38. The van der Waals surface area contributed by atoms with Crippen LogP contribution in [-0.4, -0.2) is 23.6 Å². The van der Waals surface area contributed by atoms with Crippen LogP contribution >= 0.6 is 0 Å². The van der Waals surface area contributed by atoms with E-state index in [9.17, 15) is 4.79 Å². The fraction of sp³-hybridized carbons (Fsp3) is 0.308. The first-order valence-corrected chi connectivity index (χ1v) is 5.69. The fourth-order valence-electron chi connectivity index (χ4n) is 1.87. The third-order valence-corrected chi connectivity index (χ3v) is 2.70. The van der Waals surface area contributed by atoms with Gasteiger partial charge in [0.2, 0.25) is 0 Å². The highest BCUT2D eigenvalue weighted by Gasteiger charge is 2.16. The van der Waals surface area contributed by atoms with Crippen LogP contribution < -0.4 is 18.1 Å². The molecule has 0 aliphatic heterocycles. The highest BCUT2D eigenvalue weighted by molar-refractivity contribution is 5.84. The number of halogens is 1. The molecule has 5 heteroatoms. The van der Waals surface area contributed by atoms with Crippen LogP contribution in [0.25, 0.3) is 10.9 Å². The number of carbonyl (C=O) groups is 1. The average molecular weight is 268 g/mol. The molecule has 1 aromatic carbocycles. The van der Waals surface area contributed by atoms with E-state index in [0.717, 1.165) is 16.5 Å². The van der Waals surface area contributed by atoms with Gasteiger partial charge in [-0.3, -0.25) is 4.79 Å². The minimum absolute atomic E-state index is 0. The number of H-pyrrole nitrogens is 1. The predicted molar refractivity (Wildman–Crippen MR) is 66.6 cm³/mol. The number of para-hydroxylation sites is 1. The Hall–Kier alpha value is -1.52. The van der Waals surface area contributed by atoms with E-state index in [1.807, 2.05) is 30.5 Å². The van der Waals surface area contributed by atoms with E-state index in [0.29, 0.717) is 13.0 Å².